The van der Waals surface area contributed by atoms with Gasteiger partial charge in [-0.3, -0.25) is 4.98 Å². The lowest BCUT2D eigenvalue weighted by Crippen LogP contribution is -2.23. The third kappa shape index (κ3) is 3.33. The minimum absolute atomic E-state index is 0.284. The van der Waals surface area contributed by atoms with Crippen LogP contribution in [0, 0.1) is 0 Å². The maximum absolute atomic E-state index is 4.52. The van der Waals surface area contributed by atoms with Crippen LogP contribution in [-0.2, 0) is 5.41 Å². The van der Waals surface area contributed by atoms with Gasteiger partial charge in [-0.2, -0.15) is 0 Å². The Bertz CT molecular complexity index is 268. The van der Waals surface area contributed by atoms with E-state index in [-0.39, 0.29) is 5.41 Å². The molecule has 1 nitrogen and oxygen atoms in total. The Kier molecular flexibility index (Phi) is 4.80. The number of rotatable bonds is 6. The molecular weight excluding hydrogens is 182 g/mol. The molecule has 84 valence electrons. The van der Waals surface area contributed by atoms with E-state index in [1.165, 1.54) is 37.8 Å². The van der Waals surface area contributed by atoms with E-state index in [1.807, 2.05) is 12.3 Å². The van der Waals surface area contributed by atoms with Gasteiger partial charge in [0.15, 0.2) is 0 Å². The zero-order chi connectivity index (χ0) is 11.1. The number of unbranched alkanes of at least 4 members (excludes halogenated alkanes) is 1. The van der Waals surface area contributed by atoms with Crippen LogP contribution in [0.4, 0.5) is 0 Å². The summed E-state index contributed by atoms with van der Waals surface area (Å²) >= 11 is 0. The second-order valence-electron chi connectivity index (χ2n) is 4.63. The highest BCUT2D eigenvalue weighted by Gasteiger charge is 2.25. The molecule has 1 heteroatoms. The van der Waals surface area contributed by atoms with Crippen LogP contribution in [0.15, 0.2) is 24.4 Å². The second-order valence-corrected chi connectivity index (χ2v) is 4.63. The molecule has 1 aromatic heterocycles. The standard InChI is InChI=1S/C14H23N/c1-4-6-11-14(3,10-5-2)13-9-7-8-12-15-13/h7-9,12H,4-6,10-11H2,1-3H3. The molecule has 0 bridgehead atoms. The first kappa shape index (κ1) is 12.2. The average molecular weight is 205 g/mol. The highest BCUT2D eigenvalue weighted by atomic mass is 14.7. The topological polar surface area (TPSA) is 12.9 Å². The summed E-state index contributed by atoms with van der Waals surface area (Å²) in [6.45, 7) is 6.87. The predicted molar refractivity (Wildman–Crippen MR) is 66.0 cm³/mol. The van der Waals surface area contributed by atoms with E-state index in [0.29, 0.717) is 0 Å². The van der Waals surface area contributed by atoms with Crippen molar-refractivity contribution >= 4 is 0 Å². The fourth-order valence-corrected chi connectivity index (χ4v) is 2.22. The number of pyridine rings is 1. The van der Waals surface area contributed by atoms with E-state index in [0.717, 1.165) is 0 Å². The lowest BCUT2D eigenvalue weighted by molar-refractivity contribution is 0.373. The molecule has 15 heavy (non-hydrogen) atoms. The Balaban J connectivity index is 2.80. The molecule has 0 aliphatic rings. The van der Waals surface area contributed by atoms with Gasteiger partial charge in [0, 0.05) is 17.3 Å². The summed E-state index contributed by atoms with van der Waals surface area (Å²) < 4.78 is 0. The van der Waals surface area contributed by atoms with Crippen LogP contribution in [0.25, 0.3) is 0 Å². The highest BCUT2D eigenvalue weighted by Crippen LogP contribution is 2.32. The molecule has 0 spiro atoms. The normalized spacial score (nSPS) is 14.9. The van der Waals surface area contributed by atoms with Crippen molar-refractivity contribution in [2.24, 2.45) is 0 Å². The molecule has 1 unspecified atom stereocenters. The van der Waals surface area contributed by atoms with Gasteiger partial charge in [0.1, 0.15) is 0 Å². The zero-order valence-electron chi connectivity index (χ0n) is 10.3. The summed E-state index contributed by atoms with van der Waals surface area (Å²) in [7, 11) is 0. The average Bonchev–Trinajstić information content (AvgIpc) is 2.28. The van der Waals surface area contributed by atoms with Crippen molar-refractivity contribution < 1.29 is 0 Å². The number of hydrogen-bond donors (Lipinski definition) is 0. The van der Waals surface area contributed by atoms with Crippen LogP contribution in [0.5, 0.6) is 0 Å². The van der Waals surface area contributed by atoms with Gasteiger partial charge in [-0.05, 0) is 25.0 Å². The summed E-state index contributed by atoms with van der Waals surface area (Å²) in [6.07, 6.45) is 8.21. The summed E-state index contributed by atoms with van der Waals surface area (Å²) in [4.78, 5) is 4.52. The Morgan fingerprint density at radius 2 is 1.93 bits per heavy atom. The van der Waals surface area contributed by atoms with Crippen molar-refractivity contribution in [1.82, 2.24) is 4.98 Å². The predicted octanol–water partition coefficient (Wildman–Crippen LogP) is 4.33. The molecule has 0 amide bonds. The molecule has 1 rings (SSSR count). The van der Waals surface area contributed by atoms with Gasteiger partial charge in [-0.1, -0.05) is 46.1 Å². The van der Waals surface area contributed by atoms with Gasteiger partial charge < -0.3 is 0 Å². The van der Waals surface area contributed by atoms with Gasteiger partial charge in [0.25, 0.3) is 0 Å². The van der Waals surface area contributed by atoms with E-state index in [9.17, 15) is 0 Å². The van der Waals surface area contributed by atoms with Crippen molar-refractivity contribution in [2.75, 3.05) is 0 Å². The van der Waals surface area contributed by atoms with Crippen LogP contribution < -0.4 is 0 Å². The van der Waals surface area contributed by atoms with Crippen LogP contribution in [0.3, 0.4) is 0 Å². The van der Waals surface area contributed by atoms with Crippen LogP contribution in [0.1, 0.15) is 58.6 Å². The maximum atomic E-state index is 4.52. The van der Waals surface area contributed by atoms with Crippen molar-refractivity contribution in [1.29, 1.82) is 0 Å². The Morgan fingerprint density at radius 3 is 2.47 bits per heavy atom. The molecule has 1 heterocycles. The second kappa shape index (κ2) is 5.89. The molecule has 0 aliphatic carbocycles. The molecule has 0 saturated heterocycles. The Labute approximate surface area is 93.9 Å². The molecule has 0 N–H and O–H groups in total. The molecule has 0 fully saturated rings. The van der Waals surface area contributed by atoms with Crippen LogP contribution in [-0.4, -0.2) is 4.98 Å². The number of aromatic nitrogens is 1. The SMILES string of the molecule is CCCCC(C)(CCC)c1ccccn1. The molecule has 0 radical (unpaired) electrons. The molecule has 0 aromatic carbocycles. The van der Waals surface area contributed by atoms with Crippen molar-refractivity contribution in [3.05, 3.63) is 30.1 Å². The van der Waals surface area contributed by atoms with Crippen LogP contribution in [0.2, 0.25) is 0 Å². The largest absolute Gasteiger partial charge is 0.261 e. The van der Waals surface area contributed by atoms with Crippen LogP contribution >= 0.6 is 0 Å². The molecular formula is C14H23N. The van der Waals surface area contributed by atoms with E-state index in [4.69, 9.17) is 0 Å². The minimum Gasteiger partial charge on any atom is -0.261 e. The smallest absolute Gasteiger partial charge is 0.0462 e. The quantitative estimate of drug-likeness (QED) is 0.673. The maximum Gasteiger partial charge on any atom is 0.0462 e. The van der Waals surface area contributed by atoms with Gasteiger partial charge in [-0.15, -0.1) is 0 Å². The monoisotopic (exact) mass is 205 g/mol. The first-order valence-electron chi connectivity index (χ1n) is 6.14. The van der Waals surface area contributed by atoms with Gasteiger partial charge in [-0.25, -0.2) is 0 Å². The Hall–Kier alpha value is -0.850. The van der Waals surface area contributed by atoms with E-state index in [2.05, 4.69) is 37.9 Å². The molecule has 1 aromatic rings. The molecule has 0 aliphatic heterocycles. The first-order chi connectivity index (χ1) is 7.23. The summed E-state index contributed by atoms with van der Waals surface area (Å²) in [5.74, 6) is 0. The number of nitrogens with zero attached hydrogens (tertiary/aromatic N) is 1. The number of hydrogen-bond acceptors (Lipinski definition) is 1. The van der Waals surface area contributed by atoms with Gasteiger partial charge >= 0.3 is 0 Å². The third-order valence-corrected chi connectivity index (χ3v) is 3.17. The molecule has 1 atom stereocenters. The molecule has 0 saturated carbocycles. The van der Waals surface area contributed by atoms with Crippen molar-refractivity contribution in [3.63, 3.8) is 0 Å². The van der Waals surface area contributed by atoms with Crippen molar-refractivity contribution in [3.8, 4) is 0 Å². The lowest BCUT2D eigenvalue weighted by Gasteiger charge is -2.28. The highest BCUT2D eigenvalue weighted by molar-refractivity contribution is 5.15. The fourth-order valence-electron chi connectivity index (χ4n) is 2.22. The minimum atomic E-state index is 0.284. The summed E-state index contributed by atoms with van der Waals surface area (Å²) in [5, 5.41) is 0. The lowest BCUT2D eigenvalue weighted by atomic mass is 9.77. The van der Waals surface area contributed by atoms with E-state index >= 15 is 0 Å². The van der Waals surface area contributed by atoms with E-state index < -0.39 is 0 Å². The fraction of sp³-hybridized carbons (Fsp3) is 0.643. The van der Waals surface area contributed by atoms with Gasteiger partial charge in [0.2, 0.25) is 0 Å². The third-order valence-electron chi connectivity index (χ3n) is 3.17. The first-order valence-corrected chi connectivity index (χ1v) is 6.14. The summed E-state index contributed by atoms with van der Waals surface area (Å²) in [5.41, 5.74) is 1.55. The van der Waals surface area contributed by atoms with E-state index in [1.54, 1.807) is 0 Å². The Morgan fingerprint density at radius 1 is 1.13 bits per heavy atom. The summed E-state index contributed by atoms with van der Waals surface area (Å²) in [6, 6.07) is 6.27. The van der Waals surface area contributed by atoms with Crippen molar-refractivity contribution in [2.45, 2.75) is 58.3 Å². The van der Waals surface area contributed by atoms with Gasteiger partial charge in [0.05, 0.1) is 0 Å². The zero-order valence-corrected chi connectivity index (χ0v) is 10.3.